The van der Waals surface area contributed by atoms with Crippen molar-refractivity contribution in [2.75, 3.05) is 22.9 Å². The molecule has 4 heterocycles. The molecule has 0 radical (unpaired) electrons. The number of rotatable bonds is 3. The molecule has 27 heavy (non-hydrogen) atoms. The first-order valence-corrected chi connectivity index (χ1v) is 9.75. The summed E-state index contributed by atoms with van der Waals surface area (Å²) in [6.07, 6.45) is 4.35. The Morgan fingerprint density at radius 3 is 2.74 bits per heavy atom. The molecule has 0 aliphatic carbocycles. The molecule has 0 saturated carbocycles. The van der Waals surface area contributed by atoms with Gasteiger partial charge < -0.3 is 4.90 Å². The summed E-state index contributed by atoms with van der Waals surface area (Å²) >= 11 is 0. The van der Waals surface area contributed by atoms with Crippen LogP contribution in [-0.4, -0.2) is 40.0 Å². The van der Waals surface area contributed by atoms with Crippen LogP contribution in [0.4, 0.5) is 11.6 Å². The van der Waals surface area contributed by atoms with E-state index in [2.05, 4.69) is 22.9 Å². The molecule has 2 aromatic rings. The smallest absolute Gasteiger partial charge is 0.233 e. The van der Waals surface area contributed by atoms with Crippen LogP contribution < -0.4 is 9.80 Å². The molecule has 142 valence electrons. The molecule has 1 amide bonds. The first kappa shape index (κ1) is 17.9. The molecule has 1 saturated heterocycles. The molecular formula is C21H27N5O. The maximum absolute atomic E-state index is 12.5. The summed E-state index contributed by atoms with van der Waals surface area (Å²) in [5, 5.41) is 0. The quantitative estimate of drug-likeness (QED) is 0.837. The number of nitrogens with zero attached hydrogens (tertiary/aromatic N) is 5. The van der Waals surface area contributed by atoms with E-state index in [-0.39, 0.29) is 17.4 Å². The Bertz CT molecular complexity index is 866. The highest BCUT2D eigenvalue weighted by Crippen LogP contribution is 2.37. The lowest BCUT2D eigenvalue weighted by Crippen LogP contribution is -2.46. The number of hydrogen-bond donors (Lipinski definition) is 0. The summed E-state index contributed by atoms with van der Waals surface area (Å²) in [7, 11) is 0. The number of carbonyl (C=O) groups is 1. The minimum atomic E-state index is -0.163. The minimum absolute atomic E-state index is 0.102. The molecular weight excluding hydrogens is 338 g/mol. The fourth-order valence-electron chi connectivity index (χ4n) is 4.30. The number of piperidine rings is 1. The zero-order valence-corrected chi connectivity index (χ0v) is 16.6. The minimum Gasteiger partial charge on any atom is -0.356 e. The van der Waals surface area contributed by atoms with Crippen LogP contribution in [0.3, 0.4) is 0 Å². The van der Waals surface area contributed by atoms with Gasteiger partial charge in [-0.15, -0.1) is 0 Å². The summed E-state index contributed by atoms with van der Waals surface area (Å²) in [5.74, 6) is 2.78. The summed E-state index contributed by atoms with van der Waals surface area (Å²) in [6.45, 7) is 10.1. The molecule has 0 spiro atoms. The molecule has 6 nitrogen and oxygen atoms in total. The number of amides is 1. The maximum atomic E-state index is 12.5. The molecule has 0 aromatic carbocycles. The van der Waals surface area contributed by atoms with Gasteiger partial charge in [-0.1, -0.05) is 13.0 Å². The van der Waals surface area contributed by atoms with Crippen molar-refractivity contribution in [2.45, 2.75) is 58.4 Å². The third-order valence-electron chi connectivity index (χ3n) is 5.74. The Hall–Kier alpha value is -2.50. The van der Waals surface area contributed by atoms with Gasteiger partial charge in [-0.2, -0.15) is 0 Å². The van der Waals surface area contributed by atoms with E-state index in [1.54, 1.807) is 0 Å². The lowest BCUT2D eigenvalue weighted by atomic mass is 9.80. The first-order chi connectivity index (χ1) is 12.9. The Balaban J connectivity index is 1.71. The van der Waals surface area contributed by atoms with E-state index in [0.717, 1.165) is 54.6 Å². The predicted octanol–water partition coefficient (Wildman–Crippen LogP) is 3.04. The van der Waals surface area contributed by atoms with Crippen LogP contribution in [0.1, 0.15) is 50.7 Å². The number of carbonyl (C=O) groups excluding carboxylic acids is 1. The van der Waals surface area contributed by atoms with Crippen molar-refractivity contribution in [1.29, 1.82) is 0 Å². The van der Waals surface area contributed by atoms with E-state index < -0.39 is 0 Å². The van der Waals surface area contributed by atoms with Gasteiger partial charge in [-0.05, 0) is 45.7 Å². The number of pyridine rings is 1. The fourth-order valence-corrected chi connectivity index (χ4v) is 4.30. The van der Waals surface area contributed by atoms with Crippen LogP contribution in [-0.2, 0) is 16.6 Å². The molecule has 4 rings (SSSR count). The SMILES string of the molecule is Cc1nc([C@]2(C)CCCN(c3ccccn3)C2)nc2c1CC(=O)N2C(C)C. The molecule has 1 atom stereocenters. The predicted molar refractivity (Wildman–Crippen MR) is 106 cm³/mol. The zero-order chi connectivity index (χ0) is 19.2. The second-order valence-electron chi connectivity index (χ2n) is 8.24. The highest BCUT2D eigenvalue weighted by molar-refractivity contribution is 6.00. The van der Waals surface area contributed by atoms with Crippen LogP contribution >= 0.6 is 0 Å². The van der Waals surface area contributed by atoms with Crippen molar-refractivity contribution in [1.82, 2.24) is 15.0 Å². The highest BCUT2D eigenvalue weighted by Gasteiger charge is 2.39. The molecule has 0 bridgehead atoms. The lowest BCUT2D eigenvalue weighted by molar-refractivity contribution is -0.117. The molecule has 0 N–H and O–H groups in total. The zero-order valence-electron chi connectivity index (χ0n) is 16.6. The Morgan fingerprint density at radius 1 is 1.22 bits per heavy atom. The molecule has 2 aromatic heterocycles. The topological polar surface area (TPSA) is 62.2 Å². The Morgan fingerprint density at radius 2 is 2.04 bits per heavy atom. The molecule has 2 aliphatic rings. The monoisotopic (exact) mass is 365 g/mol. The van der Waals surface area contributed by atoms with Crippen molar-refractivity contribution >= 4 is 17.5 Å². The molecule has 0 unspecified atom stereocenters. The summed E-state index contributed by atoms with van der Waals surface area (Å²) < 4.78 is 0. The number of aryl methyl sites for hydroxylation is 1. The van der Waals surface area contributed by atoms with E-state index in [9.17, 15) is 4.79 Å². The number of aromatic nitrogens is 3. The fraction of sp³-hybridized carbons (Fsp3) is 0.524. The van der Waals surface area contributed by atoms with E-state index >= 15 is 0 Å². The average molecular weight is 365 g/mol. The van der Waals surface area contributed by atoms with Gasteiger partial charge in [-0.25, -0.2) is 15.0 Å². The van der Waals surface area contributed by atoms with Crippen molar-refractivity contribution in [3.63, 3.8) is 0 Å². The number of fused-ring (bicyclic) bond motifs is 1. The van der Waals surface area contributed by atoms with Gasteiger partial charge in [0.1, 0.15) is 17.5 Å². The van der Waals surface area contributed by atoms with Gasteiger partial charge in [0, 0.05) is 42.0 Å². The summed E-state index contributed by atoms with van der Waals surface area (Å²) in [5.41, 5.74) is 1.75. The largest absolute Gasteiger partial charge is 0.356 e. The highest BCUT2D eigenvalue weighted by atomic mass is 16.2. The van der Waals surface area contributed by atoms with Crippen LogP contribution in [0.25, 0.3) is 0 Å². The standard InChI is InChI=1S/C21H27N5O/c1-14(2)26-18(27)12-16-15(3)23-20(24-19(16)26)21(4)9-7-11-25(13-21)17-8-5-6-10-22-17/h5-6,8,10,14H,7,9,11-13H2,1-4H3/t21-/m1/s1. The second-order valence-corrected chi connectivity index (χ2v) is 8.24. The number of hydrogen-bond acceptors (Lipinski definition) is 5. The van der Waals surface area contributed by atoms with Crippen LogP contribution in [0.15, 0.2) is 24.4 Å². The first-order valence-electron chi connectivity index (χ1n) is 9.75. The van der Waals surface area contributed by atoms with Crippen LogP contribution in [0.2, 0.25) is 0 Å². The van der Waals surface area contributed by atoms with Gasteiger partial charge >= 0.3 is 0 Å². The molecule has 2 aliphatic heterocycles. The summed E-state index contributed by atoms with van der Waals surface area (Å²) in [6, 6.07) is 6.12. The van der Waals surface area contributed by atoms with E-state index in [0.29, 0.717) is 6.42 Å². The van der Waals surface area contributed by atoms with Crippen molar-refractivity contribution in [3.05, 3.63) is 41.5 Å². The Labute approximate surface area is 160 Å². The molecule has 6 heteroatoms. The lowest BCUT2D eigenvalue weighted by Gasteiger charge is -2.40. The average Bonchev–Trinajstić information content (AvgIpc) is 2.99. The van der Waals surface area contributed by atoms with E-state index in [1.165, 1.54) is 0 Å². The van der Waals surface area contributed by atoms with Gasteiger partial charge in [0.2, 0.25) is 5.91 Å². The molecule has 1 fully saturated rings. The Kier molecular flexibility index (Phi) is 4.36. The summed E-state index contributed by atoms with van der Waals surface area (Å²) in [4.78, 5) is 30.9. The van der Waals surface area contributed by atoms with Gasteiger partial charge in [0.05, 0.1) is 6.42 Å². The third-order valence-corrected chi connectivity index (χ3v) is 5.74. The van der Waals surface area contributed by atoms with Crippen molar-refractivity contribution in [2.24, 2.45) is 0 Å². The van der Waals surface area contributed by atoms with Gasteiger partial charge in [-0.3, -0.25) is 9.69 Å². The normalized spacial score (nSPS) is 22.5. The van der Waals surface area contributed by atoms with E-state index in [4.69, 9.17) is 9.97 Å². The van der Waals surface area contributed by atoms with Crippen molar-refractivity contribution in [3.8, 4) is 0 Å². The van der Waals surface area contributed by atoms with E-state index in [1.807, 2.05) is 44.0 Å². The van der Waals surface area contributed by atoms with Crippen molar-refractivity contribution < 1.29 is 4.79 Å². The maximum Gasteiger partial charge on any atom is 0.233 e. The second kappa shape index (κ2) is 6.59. The third kappa shape index (κ3) is 3.07. The van der Waals surface area contributed by atoms with Crippen LogP contribution in [0, 0.1) is 6.92 Å². The van der Waals surface area contributed by atoms with Gasteiger partial charge in [0.15, 0.2) is 0 Å². The number of anilines is 2. The van der Waals surface area contributed by atoms with Gasteiger partial charge in [0.25, 0.3) is 0 Å². The van der Waals surface area contributed by atoms with Crippen LogP contribution in [0.5, 0.6) is 0 Å².